The normalized spacial score (nSPS) is 11.5. The molecule has 6 nitrogen and oxygen atoms in total. The Morgan fingerprint density at radius 1 is 0.382 bits per heavy atom. The van der Waals surface area contributed by atoms with Crippen molar-refractivity contribution < 1.29 is 28.1 Å². The number of benzene rings is 8. The Morgan fingerprint density at radius 3 is 1.11 bits per heavy atom. The molecule has 55 heavy (non-hydrogen) atoms. The zero-order chi connectivity index (χ0) is 37.8. The summed E-state index contributed by atoms with van der Waals surface area (Å²) < 4.78 is 41.4. The van der Waals surface area contributed by atoms with Crippen LogP contribution in [0, 0.1) is 0 Å². The molecule has 0 radical (unpaired) electrons. The highest BCUT2D eigenvalue weighted by Gasteiger charge is 2.24. The predicted molar refractivity (Wildman–Crippen MR) is 220 cm³/mol. The Morgan fingerprint density at radius 2 is 0.727 bits per heavy atom. The van der Waals surface area contributed by atoms with Gasteiger partial charge in [0.05, 0.1) is 23.0 Å². The van der Waals surface area contributed by atoms with Crippen LogP contribution in [0.1, 0.15) is 0 Å². The Bertz CT molecular complexity index is 2560. The zero-order valence-corrected chi connectivity index (χ0v) is 30.7. The summed E-state index contributed by atoms with van der Waals surface area (Å²) in [6.07, 6.45) is 0. The van der Waals surface area contributed by atoms with Crippen LogP contribution in [0.3, 0.4) is 0 Å². The van der Waals surface area contributed by atoms with E-state index in [9.17, 15) is 18.6 Å². The maximum atomic E-state index is 14.7. The van der Waals surface area contributed by atoms with Crippen molar-refractivity contribution in [2.75, 3.05) is 26.4 Å². The largest absolute Gasteiger partial charge is 0.491 e. The number of aliphatic hydroxyl groups is 2. The molecule has 2 N–H and O–H groups in total. The molecule has 0 spiro atoms. The maximum absolute atomic E-state index is 14.7. The second kappa shape index (κ2) is 15.6. The molecule has 8 rings (SSSR count). The molecule has 8 aromatic carbocycles. The van der Waals surface area contributed by atoms with Gasteiger partial charge in [-0.25, -0.2) is 8.42 Å². The standard InChI is InChI=1S/C48H38O6S/c49-27-29-53-47-25-19-35(31-45(47)43-23-21-37(33-11-3-1-4-12-33)39-15-7-9-17-41(39)43)55(51,52)36-20-26-48(54-30-28-50)46(32-36)44-24-22-38(34-13-5-2-6-14-34)40-16-8-10-18-42(40)44/h1-26,31-32,49-50H,27-30H2. The average Bonchev–Trinajstić information content (AvgIpc) is 3.24. The topological polar surface area (TPSA) is 93.1 Å². The summed E-state index contributed by atoms with van der Waals surface area (Å²) in [4.78, 5) is 0.184. The van der Waals surface area contributed by atoms with E-state index in [1.165, 1.54) is 0 Å². The van der Waals surface area contributed by atoms with Gasteiger partial charge in [0.1, 0.15) is 24.7 Å². The van der Waals surface area contributed by atoms with Crippen molar-refractivity contribution in [3.05, 3.63) is 170 Å². The quantitative estimate of drug-likeness (QED) is 0.129. The van der Waals surface area contributed by atoms with E-state index in [1.807, 2.05) is 84.9 Å². The Balaban J connectivity index is 1.27. The highest BCUT2D eigenvalue weighted by atomic mass is 32.2. The van der Waals surface area contributed by atoms with Crippen molar-refractivity contribution in [1.82, 2.24) is 0 Å². The molecule has 272 valence electrons. The number of hydrogen-bond acceptors (Lipinski definition) is 6. The van der Waals surface area contributed by atoms with Gasteiger partial charge in [-0.05, 0) is 91.3 Å². The van der Waals surface area contributed by atoms with E-state index in [-0.39, 0.29) is 36.2 Å². The van der Waals surface area contributed by atoms with E-state index in [0.29, 0.717) is 22.6 Å². The second-order valence-corrected chi connectivity index (χ2v) is 15.1. The minimum Gasteiger partial charge on any atom is -0.491 e. The summed E-state index contributed by atoms with van der Waals surface area (Å²) in [6.45, 7) is -0.285. The van der Waals surface area contributed by atoms with Crippen LogP contribution in [0.4, 0.5) is 0 Å². The van der Waals surface area contributed by atoms with Gasteiger partial charge in [-0.15, -0.1) is 0 Å². The first-order chi connectivity index (χ1) is 27.0. The molecule has 0 unspecified atom stereocenters. The average molecular weight is 743 g/mol. The predicted octanol–water partition coefficient (Wildman–Crippen LogP) is 10.2. The van der Waals surface area contributed by atoms with Crippen LogP contribution < -0.4 is 9.47 Å². The van der Waals surface area contributed by atoms with E-state index >= 15 is 0 Å². The third-order valence-corrected chi connectivity index (χ3v) is 11.6. The molecule has 0 fully saturated rings. The van der Waals surface area contributed by atoms with E-state index in [0.717, 1.165) is 54.9 Å². The number of hydrogen-bond donors (Lipinski definition) is 2. The third kappa shape index (κ3) is 6.97. The first kappa shape index (κ1) is 35.8. The van der Waals surface area contributed by atoms with Crippen LogP contribution in [-0.2, 0) is 9.84 Å². The molecule has 0 aliphatic heterocycles. The lowest BCUT2D eigenvalue weighted by molar-refractivity contribution is 0.202. The van der Waals surface area contributed by atoms with Crippen LogP contribution in [0.2, 0.25) is 0 Å². The van der Waals surface area contributed by atoms with Crippen LogP contribution in [-0.4, -0.2) is 45.1 Å². The fourth-order valence-electron chi connectivity index (χ4n) is 7.28. The number of fused-ring (bicyclic) bond motifs is 2. The lowest BCUT2D eigenvalue weighted by Crippen LogP contribution is -2.07. The number of aliphatic hydroxyl groups excluding tert-OH is 2. The number of ether oxygens (including phenoxy) is 2. The highest BCUT2D eigenvalue weighted by Crippen LogP contribution is 2.43. The summed E-state index contributed by atoms with van der Waals surface area (Å²) in [7, 11) is -4.09. The summed E-state index contributed by atoms with van der Waals surface area (Å²) >= 11 is 0. The molecule has 0 aliphatic carbocycles. The van der Waals surface area contributed by atoms with Gasteiger partial charge in [-0.3, -0.25) is 0 Å². The second-order valence-electron chi connectivity index (χ2n) is 13.1. The minimum absolute atomic E-state index is 0.0504. The summed E-state index contributed by atoms with van der Waals surface area (Å²) in [5.74, 6) is 0.924. The van der Waals surface area contributed by atoms with Gasteiger partial charge in [-0.1, -0.05) is 133 Å². The molecular weight excluding hydrogens is 705 g/mol. The monoisotopic (exact) mass is 742 g/mol. The minimum atomic E-state index is -4.09. The van der Waals surface area contributed by atoms with Crippen molar-refractivity contribution in [3.63, 3.8) is 0 Å². The third-order valence-electron chi connectivity index (χ3n) is 9.82. The number of sulfone groups is 1. The van der Waals surface area contributed by atoms with Gasteiger partial charge in [0.2, 0.25) is 9.84 Å². The van der Waals surface area contributed by atoms with Gasteiger partial charge in [0, 0.05) is 11.1 Å². The van der Waals surface area contributed by atoms with Crippen molar-refractivity contribution in [2.24, 2.45) is 0 Å². The van der Waals surface area contributed by atoms with E-state index in [4.69, 9.17) is 9.47 Å². The summed E-state index contributed by atoms with van der Waals surface area (Å²) in [5, 5.41) is 23.2. The molecule has 0 atom stereocenters. The molecular formula is C48H38O6S. The fourth-order valence-corrected chi connectivity index (χ4v) is 8.59. The van der Waals surface area contributed by atoms with E-state index in [2.05, 4.69) is 48.5 Å². The van der Waals surface area contributed by atoms with Gasteiger partial charge in [0.25, 0.3) is 0 Å². The van der Waals surface area contributed by atoms with Crippen LogP contribution in [0.5, 0.6) is 11.5 Å². The lowest BCUT2D eigenvalue weighted by Gasteiger charge is -2.18. The van der Waals surface area contributed by atoms with Gasteiger partial charge in [-0.2, -0.15) is 0 Å². The Labute approximate surface area is 320 Å². The first-order valence-electron chi connectivity index (χ1n) is 18.1. The van der Waals surface area contributed by atoms with Gasteiger partial charge < -0.3 is 19.7 Å². The molecule has 0 saturated heterocycles. The first-order valence-corrected chi connectivity index (χ1v) is 19.6. The lowest BCUT2D eigenvalue weighted by atomic mass is 9.92. The maximum Gasteiger partial charge on any atom is 0.206 e. The van der Waals surface area contributed by atoms with Gasteiger partial charge >= 0.3 is 0 Å². The molecule has 0 saturated carbocycles. The molecule has 0 amide bonds. The van der Waals surface area contributed by atoms with Crippen molar-refractivity contribution in [3.8, 4) is 56.0 Å². The highest BCUT2D eigenvalue weighted by molar-refractivity contribution is 7.91. The Hall–Kier alpha value is -6.25. The Kier molecular flexibility index (Phi) is 10.2. The van der Waals surface area contributed by atoms with E-state index in [1.54, 1.807) is 36.4 Å². The van der Waals surface area contributed by atoms with Crippen LogP contribution >= 0.6 is 0 Å². The molecule has 0 bridgehead atoms. The van der Waals surface area contributed by atoms with Crippen LogP contribution in [0.25, 0.3) is 66.1 Å². The van der Waals surface area contributed by atoms with Crippen LogP contribution in [0.15, 0.2) is 180 Å². The SMILES string of the molecule is O=S(=O)(c1ccc(OCCO)c(-c2ccc(-c3ccccc3)c3ccccc23)c1)c1ccc(OCCO)c(-c2ccc(-c3ccccc3)c3ccccc23)c1. The molecule has 0 aromatic heterocycles. The molecule has 0 heterocycles. The zero-order valence-electron chi connectivity index (χ0n) is 29.9. The fraction of sp³-hybridized carbons (Fsp3) is 0.0833. The van der Waals surface area contributed by atoms with Crippen molar-refractivity contribution >= 4 is 31.4 Å². The van der Waals surface area contributed by atoms with Gasteiger partial charge in [0.15, 0.2) is 0 Å². The number of rotatable bonds is 12. The smallest absolute Gasteiger partial charge is 0.206 e. The van der Waals surface area contributed by atoms with Crippen molar-refractivity contribution in [1.29, 1.82) is 0 Å². The van der Waals surface area contributed by atoms with Crippen molar-refractivity contribution in [2.45, 2.75) is 9.79 Å². The molecule has 7 heteroatoms. The summed E-state index contributed by atoms with van der Waals surface area (Å²) in [5.41, 5.74) is 7.05. The summed E-state index contributed by atoms with van der Waals surface area (Å²) in [6, 6.07) is 54.2. The van der Waals surface area contributed by atoms with E-state index < -0.39 is 9.84 Å². The molecule has 0 aliphatic rings. The molecule has 8 aromatic rings.